The third-order valence-corrected chi connectivity index (χ3v) is 7.06. The smallest absolute Gasteiger partial charge is 0.510 e. The van der Waals surface area contributed by atoms with E-state index in [1.807, 2.05) is 78.4 Å². The molecule has 0 saturated carbocycles. The summed E-state index contributed by atoms with van der Waals surface area (Å²) in [6.45, 7) is 8.58. The molecule has 0 aliphatic carbocycles. The largest absolute Gasteiger partial charge is 4.00 e. The van der Waals surface area contributed by atoms with Crippen molar-refractivity contribution in [2.24, 2.45) is 0 Å². The minimum atomic E-state index is -0.143. The van der Waals surface area contributed by atoms with Crippen molar-refractivity contribution in [1.29, 1.82) is 0 Å². The average molecular weight is 695 g/mol. The number of hydrogen-bond donors (Lipinski definition) is 0. The summed E-state index contributed by atoms with van der Waals surface area (Å²) < 4.78 is 6.38. The van der Waals surface area contributed by atoms with Gasteiger partial charge >= 0.3 is 21.1 Å². The van der Waals surface area contributed by atoms with Crippen molar-refractivity contribution < 1.29 is 25.8 Å². The van der Waals surface area contributed by atoms with E-state index in [1.54, 1.807) is 6.20 Å². The molecule has 39 heavy (non-hydrogen) atoms. The fourth-order valence-electron chi connectivity index (χ4n) is 4.72. The molecule has 4 aromatic rings. The van der Waals surface area contributed by atoms with E-state index in [9.17, 15) is 0 Å². The maximum Gasteiger partial charge on any atom is 4.00 e. The molecule has 0 unspecified atom stereocenters. The average Bonchev–Trinajstić information content (AvgIpc) is 3.38. The van der Waals surface area contributed by atoms with Crippen LogP contribution in [0.5, 0.6) is 11.5 Å². The predicted molar refractivity (Wildman–Crippen MR) is 151 cm³/mol. The van der Waals surface area contributed by atoms with Gasteiger partial charge in [0.25, 0.3) is 0 Å². The molecule has 0 radical (unpaired) electrons. The summed E-state index contributed by atoms with van der Waals surface area (Å²) in [6, 6.07) is 31.3. The van der Waals surface area contributed by atoms with Gasteiger partial charge in [-0.3, -0.25) is 4.98 Å². The molecule has 0 bridgehead atoms. The van der Waals surface area contributed by atoms with Crippen LogP contribution in [0.2, 0.25) is 0 Å². The first-order valence-corrected chi connectivity index (χ1v) is 12.6. The third-order valence-electron chi connectivity index (χ3n) is 7.06. The van der Waals surface area contributed by atoms with E-state index in [2.05, 4.69) is 84.8 Å². The van der Waals surface area contributed by atoms with Gasteiger partial charge in [0.15, 0.2) is 0 Å². The van der Waals surface area contributed by atoms with E-state index in [0.29, 0.717) is 11.5 Å². The maximum atomic E-state index is 6.38. The number of para-hydroxylation sites is 1. The van der Waals surface area contributed by atoms with Gasteiger partial charge in [-0.25, -0.2) is 0 Å². The first kappa shape index (κ1) is 27.0. The molecule has 3 aromatic carbocycles. The molecule has 2 aliphatic rings. The SMILES string of the molecule is CN1C=CN(c2[c-]c(Oc3[c-]c(N4[CH-]N(C)C(C)(C)c5ccccc54)cc(-c4ccccn4)c3)ccc2)[CH-]1.[Pt+4]. The van der Waals surface area contributed by atoms with Crippen LogP contribution in [0.3, 0.4) is 0 Å². The van der Waals surface area contributed by atoms with E-state index >= 15 is 0 Å². The van der Waals surface area contributed by atoms with E-state index in [1.165, 1.54) is 5.56 Å². The quantitative estimate of drug-likeness (QED) is 0.211. The first-order chi connectivity index (χ1) is 18.4. The molecule has 3 heterocycles. The van der Waals surface area contributed by atoms with Gasteiger partial charge in [-0.1, -0.05) is 24.3 Å². The monoisotopic (exact) mass is 694 g/mol. The summed E-state index contributed by atoms with van der Waals surface area (Å²) in [6.07, 6.45) is 5.78. The Bertz CT molecular complexity index is 1490. The van der Waals surface area contributed by atoms with Crippen LogP contribution in [0, 0.1) is 25.5 Å². The molecular weight excluding hydrogens is 665 g/mol. The van der Waals surface area contributed by atoms with Crippen LogP contribution in [-0.4, -0.2) is 28.9 Å². The number of rotatable bonds is 5. The summed E-state index contributed by atoms with van der Waals surface area (Å²) >= 11 is 0. The molecule has 0 fully saturated rings. The number of nitrogens with zero attached hydrogens (tertiary/aromatic N) is 5. The van der Waals surface area contributed by atoms with Gasteiger partial charge in [0, 0.05) is 34.6 Å². The van der Waals surface area contributed by atoms with Gasteiger partial charge < -0.3 is 24.3 Å². The summed E-state index contributed by atoms with van der Waals surface area (Å²) in [5.41, 5.74) is 5.79. The number of hydrogen-bond acceptors (Lipinski definition) is 6. The standard InChI is InChI=1S/C32H29N5O.Pt/c1-32(2)29-12-5-6-14-31(29)37(23-35(32)4)26-18-24(30-13-7-8-15-33-30)19-28(21-26)38-27-11-9-10-25(20-27)36-17-16-34(3)22-36;/h5-19,22-23H,1-4H3;/q-4;+4. The molecule has 6 rings (SSSR count). The Morgan fingerprint density at radius 3 is 2.38 bits per heavy atom. The molecule has 6 nitrogen and oxygen atoms in total. The number of aromatic nitrogens is 1. The normalized spacial score (nSPS) is 16.2. The van der Waals surface area contributed by atoms with Crippen LogP contribution in [0.15, 0.2) is 91.4 Å². The minimum Gasteiger partial charge on any atom is -0.510 e. The Morgan fingerprint density at radius 1 is 0.821 bits per heavy atom. The van der Waals surface area contributed by atoms with Crippen LogP contribution in [0.1, 0.15) is 19.4 Å². The zero-order valence-corrected chi connectivity index (χ0v) is 24.5. The number of pyridine rings is 1. The Labute approximate surface area is 245 Å². The van der Waals surface area contributed by atoms with Crippen LogP contribution in [-0.2, 0) is 26.6 Å². The first-order valence-electron chi connectivity index (χ1n) is 12.6. The van der Waals surface area contributed by atoms with E-state index in [4.69, 9.17) is 4.74 Å². The van der Waals surface area contributed by atoms with Gasteiger partial charge in [-0.05, 0) is 64.1 Å². The molecule has 0 amide bonds. The molecule has 1 aromatic heterocycles. The second kappa shape index (κ2) is 10.9. The zero-order valence-electron chi connectivity index (χ0n) is 22.3. The zero-order chi connectivity index (χ0) is 26.3. The molecular formula is C32H29N5OPt. The van der Waals surface area contributed by atoms with Crippen molar-refractivity contribution in [1.82, 2.24) is 14.8 Å². The summed E-state index contributed by atoms with van der Waals surface area (Å²) in [4.78, 5) is 13.0. The van der Waals surface area contributed by atoms with Crippen LogP contribution >= 0.6 is 0 Å². The summed E-state index contributed by atoms with van der Waals surface area (Å²) in [7, 11) is 4.09. The van der Waals surface area contributed by atoms with Crippen molar-refractivity contribution in [3.8, 4) is 22.8 Å². The topological polar surface area (TPSA) is 35.1 Å². The number of ether oxygens (including phenoxy) is 1. The van der Waals surface area contributed by atoms with E-state index < -0.39 is 0 Å². The Hall–Kier alpha value is -3.60. The summed E-state index contributed by atoms with van der Waals surface area (Å²) in [5, 5.41) is 0. The molecule has 0 spiro atoms. The molecule has 2 aliphatic heterocycles. The Morgan fingerprint density at radius 2 is 1.62 bits per heavy atom. The second-order valence-corrected chi connectivity index (χ2v) is 9.99. The predicted octanol–water partition coefficient (Wildman–Crippen LogP) is 6.92. The molecule has 0 saturated heterocycles. The van der Waals surface area contributed by atoms with Gasteiger partial charge in [0.2, 0.25) is 0 Å². The Balaban J connectivity index is 0.00000308. The van der Waals surface area contributed by atoms with Crippen LogP contribution < -0.4 is 14.5 Å². The van der Waals surface area contributed by atoms with Gasteiger partial charge in [-0.2, -0.15) is 19.4 Å². The molecule has 7 heteroatoms. The fourth-order valence-corrected chi connectivity index (χ4v) is 4.72. The van der Waals surface area contributed by atoms with Crippen LogP contribution in [0.25, 0.3) is 11.3 Å². The van der Waals surface area contributed by atoms with Gasteiger partial charge in [0.05, 0.1) is 0 Å². The number of fused-ring (bicyclic) bond motifs is 1. The molecule has 0 atom stereocenters. The number of benzene rings is 3. The molecule has 198 valence electrons. The van der Waals surface area contributed by atoms with Crippen molar-refractivity contribution >= 4 is 17.1 Å². The van der Waals surface area contributed by atoms with Crippen molar-refractivity contribution in [2.45, 2.75) is 19.4 Å². The Kier molecular flexibility index (Phi) is 7.52. The van der Waals surface area contributed by atoms with Gasteiger partial charge in [0.1, 0.15) is 0 Å². The van der Waals surface area contributed by atoms with Crippen molar-refractivity contribution in [3.05, 3.63) is 122 Å². The minimum absolute atomic E-state index is 0. The van der Waals surface area contributed by atoms with Crippen molar-refractivity contribution in [2.75, 3.05) is 23.9 Å². The van der Waals surface area contributed by atoms with Crippen molar-refractivity contribution in [3.63, 3.8) is 0 Å². The van der Waals surface area contributed by atoms with E-state index in [0.717, 1.165) is 28.3 Å². The van der Waals surface area contributed by atoms with Crippen LogP contribution in [0.4, 0.5) is 17.1 Å². The second-order valence-electron chi connectivity index (χ2n) is 9.99. The number of anilines is 3. The maximum absolute atomic E-state index is 6.38. The molecule has 0 N–H and O–H groups in total. The summed E-state index contributed by atoms with van der Waals surface area (Å²) in [5.74, 6) is 1.20. The van der Waals surface area contributed by atoms with E-state index in [-0.39, 0.29) is 26.6 Å². The fraction of sp³-hybridized carbons (Fsp3) is 0.156. The third kappa shape index (κ3) is 5.32. The van der Waals surface area contributed by atoms with Gasteiger partial charge in [-0.15, -0.1) is 53.3 Å².